The van der Waals surface area contributed by atoms with Crippen LogP contribution in [0.5, 0.6) is 5.75 Å². The molecule has 0 saturated carbocycles. The molecule has 0 radical (unpaired) electrons. The van der Waals surface area contributed by atoms with E-state index in [1.807, 2.05) is 31.2 Å². The van der Waals surface area contributed by atoms with Crippen molar-refractivity contribution in [3.05, 3.63) is 71.0 Å². The normalized spacial score (nSPS) is 15.5. The number of carbonyl (C=O) groups excluding carboxylic acids is 1. The van der Waals surface area contributed by atoms with Crippen molar-refractivity contribution in [3.8, 4) is 5.75 Å². The van der Waals surface area contributed by atoms with Crippen molar-refractivity contribution in [2.24, 2.45) is 5.41 Å². The number of benzene rings is 2. The van der Waals surface area contributed by atoms with Gasteiger partial charge in [-0.05, 0) is 42.5 Å². The van der Waals surface area contributed by atoms with Crippen LogP contribution >= 0.6 is 0 Å². The van der Waals surface area contributed by atoms with Gasteiger partial charge in [0.2, 0.25) is 0 Å². The number of ketones is 1. The Morgan fingerprint density at radius 2 is 1.83 bits per heavy atom. The quantitative estimate of drug-likeness (QED) is 0.468. The van der Waals surface area contributed by atoms with Crippen LogP contribution in [0.4, 0.5) is 0 Å². The van der Waals surface area contributed by atoms with Gasteiger partial charge in [0, 0.05) is 34.7 Å². The number of Topliss-reactive ketones (excluding diaryl/α,β-unsaturated/α-hetero) is 1. The first-order valence-corrected chi connectivity index (χ1v) is 10.6. The minimum Gasteiger partial charge on any atom is -0.494 e. The fourth-order valence-corrected chi connectivity index (χ4v) is 4.70. The van der Waals surface area contributed by atoms with E-state index in [-0.39, 0.29) is 11.2 Å². The third-order valence-corrected chi connectivity index (χ3v) is 5.97. The molecule has 0 aliphatic heterocycles. The molecule has 1 aliphatic rings. The molecule has 4 heteroatoms. The summed E-state index contributed by atoms with van der Waals surface area (Å²) in [6, 6.07) is 16.4. The molecule has 0 bridgehead atoms. The van der Waals surface area contributed by atoms with Crippen molar-refractivity contribution in [2.75, 3.05) is 6.61 Å². The number of carbonyl (C=O) groups is 1. The average Bonchev–Trinajstić information content (AvgIpc) is 3.08. The molecule has 4 nitrogen and oxygen atoms in total. The maximum absolute atomic E-state index is 13.2. The number of aromatic nitrogens is 2. The van der Waals surface area contributed by atoms with Crippen molar-refractivity contribution < 1.29 is 9.53 Å². The zero-order chi connectivity index (χ0) is 20.9. The third-order valence-electron chi connectivity index (χ3n) is 5.97. The van der Waals surface area contributed by atoms with Crippen LogP contribution in [-0.2, 0) is 12.8 Å². The van der Waals surface area contributed by atoms with Gasteiger partial charge in [0.05, 0.1) is 23.5 Å². The monoisotopic (exact) mass is 398 g/mol. The molecular weight excluding hydrogens is 372 g/mol. The highest BCUT2D eigenvalue weighted by atomic mass is 16.5. The highest BCUT2D eigenvalue weighted by Gasteiger charge is 2.34. The van der Waals surface area contributed by atoms with E-state index in [0.29, 0.717) is 19.4 Å². The summed E-state index contributed by atoms with van der Waals surface area (Å²) in [4.78, 5) is 21.8. The number of hydrogen-bond acceptors (Lipinski definition) is 3. The largest absolute Gasteiger partial charge is 0.494 e. The molecule has 1 N–H and O–H groups in total. The van der Waals surface area contributed by atoms with Gasteiger partial charge in [0.1, 0.15) is 5.75 Å². The van der Waals surface area contributed by atoms with E-state index in [0.717, 1.165) is 50.9 Å². The number of fused-ring (bicyclic) bond motifs is 5. The highest BCUT2D eigenvalue weighted by Crippen LogP contribution is 2.40. The van der Waals surface area contributed by atoms with Gasteiger partial charge < -0.3 is 9.72 Å². The third kappa shape index (κ3) is 3.17. The molecule has 30 heavy (non-hydrogen) atoms. The molecule has 0 amide bonds. The molecule has 0 unspecified atom stereocenters. The zero-order valence-electron chi connectivity index (χ0n) is 17.7. The van der Waals surface area contributed by atoms with Gasteiger partial charge in [-0.2, -0.15) is 0 Å². The van der Waals surface area contributed by atoms with Gasteiger partial charge in [-0.15, -0.1) is 0 Å². The Labute approximate surface area is 176 Å². The van der Waals surface area contributed by atoms with Crippen LogP contribution in [0.15, 0.2) is 48.5 Å². The molecular formula is C26H26N2O2. The second-order valence-corrected chi connectivity index (χ2v) is 9.00. The van der Waals surface area contributed by atoms with E-state index >= 15 is 0 Å². The Bertz CT molecular complexity index is 1270. The number of ether oxygens (including phenoxy) is 1. The summed E-state index contributed by atoms with van der Waals surface area (Å²) in [5.74, 6) is 1.08. The molecule has 0 fully saturated rings. The summed E-state index contributed by atoms with van der Waals surface area (Å²) >= 11 is 0. The number of pyridine rings is 1. The standard InChI is InChI=1S/C26H26N2O2/c1-4-30-17-11-9-16(10-12-17)13-20-25-23(18-7-5-6-8-19(18)28-25)24-21(27-20)14-26(2,3)15-22(24)29/h5-12,28H,4,13-15H2,1-3H3. The van der Waals surface area contributed by atoms with Crippen molar-refractivity contribution >= 4 is 27.6 Å². The van der Waals surface area contributed by atoms with E-state index in [1.54, 1.807) is 0 Å². The number of para-hydroxylation sites is 1. The van der Waals surface area contributed by atoms with Gasteiger partial charge >= 0.3 is 0 Å². The van der Waals surface area contributed by atoms with E-state index < -0.39 is 0 Å². The van der Waals surface area contributed by atoms with Crippen LogP contribution in [0, 0.1) is 5.41 Å². The molecule has 4 aromatic rings. The number of aromatic amines is 1. The van der Waals surface area contributed by atoms with E-state index in [4.69, 9.17) is 9.72 Å². The fourth-order valence-electron chi connectivity index (χ4n) is 4.70. The molecule has 2 aromatic carbocycles. The Morgan fingerprint density at radius 3 is 2.60 bits per heavy atom. The van der Waals surface area contributed by atoms with Crippen LogP contribution in [0.25, 0.3) is 21.8 Å². The van der Waals surface area contributed by atoms with Crippen LogP contribution in [-0.4, -0.2) is 22.4 Å². The summed E-state index contributed by atoms with van der Waals surface area (Å²) in [5.41, 5.74) is 5.89. The Morgan fingerprint density at radius 1 is 1.07 bits per heavy atom. The number of hydrogen-bond donors (Lipinski definition) is 1. The predicted molar refractivity (Wildman–Crippen MR) is 120 cm³/mol. The second kappa shape index (κ2) is 6.98. The Kier molecular flexibility index (Phi) is 4.39. The minimum atomic E-state index is -0.0622. The minimum absolute atomic E-state index is 0.0622. The summed E-state index contributed by atoms with van der Waals surface area (Å²) in [6.45, 7) is 6.95. The summed E-state index contributed by atoms with van der Waals surface area (Å²) in [5, 5.41) is 2.14. The lowest BCUT2D eigenvalue weighted by molar-refractivity contribution is 0.0912. The average molecular weight is 399 g/mol. The number of rotatable bonds is 4. The SMILES string of the molecule is CCOc1ccc(Cc2nc3c(c4c2[nH]c2ccccc24)C(=O)CC(C)(C)C3)cc1. The molecule has 1 aliphatic carbocycles. The van der Waals surface area contributed by atoms with Gasteiger partial charge in [-0.25, -0.2) is 0 Å². The summed E-state index contributed by atoms with van der Waals surface area (Å²) in [6.07, 6.45) is 2.09. The van der Waals surface area contributed by atoms with E-state index in [2.05, 4.69) is 43.1 Å². The first-order valence-electron chi connectivity index (χ1n) is 10.6. The van der Waals surface area contributed by atoms with Crippen molar-refractivity contribution in [1.82, 2.24) is 9.97 Å². The lowest BCUT2D eigenvalue weighted by Crippen LogP contribution is -2.28. The van der Waals surface area contributed by atoms with E-state index in [9.17, 15) is 4.79 Å². The first-order chi connectivity index (χ1) is 14.4. The van der Waals surface area contributed by atoms with Gasteiger partial charge in [0.15, 0.2) is 5.78 Å². The molecule has 0 saturated heterocycles. The molecule has 5 rings (SSSR count). The maximum atomic E-state index is 13.2. The van der Waals surface area contributed by atoms with Crippen LogP contribution in [0.1, 0.15) is 54.5 Å². The van der Waals surface area contributed by atoms with E-state index in [1.165, 1.54) is 5.56 Å². The maximum Gasteiger partial charge on any atom is 0.165 e. The van der Waals surface area contributed by atoms with Gasteiger partial charge in [0.25, 0.3) is 0 Å². The fraction of sp³-hybridized carbons (Fsp3) is 0.308. The lowest BCUT2D eigenvalue weighted by Gasteiger charge is -2.30. The zero-order valence-corrected chi connectivity index (χ0v) is 17.7. The molecule has 152 valence electrons. The lowest BCUT2D eigenvalue weighted by atomic mass is 9.74. The first kappa shape index (κ1) is 18.9. The smallest absolute Gasteiger partial charge is 0.165 e. The Hall–Kier alpha value is -3.14. The van der Waals surface area contributed by atoms with Crippen molar-refractivity contribution in [1.29, 1.82) is 0 Å². The van der Waals surface area contributed by atoms with Crippen molar-refractivity contribution in [2.45, 2.75) is 40.0 Å². The van der Waals surface area contributed by atoms with Gasteiger partial charge in [-0.3, -0.25) is 9.78 Å². The molecule has 2 aromatic heterocycles. The molecule has 0 spiro atoms. The van der Waals surface area contributed by atoms with Crippen molar-refractivity contribution in [3.63, 3.8) is 0 Å². The van der Waals surface area contributed by atoms with Crippen LogP contribution in [0.3, 0.4) is 0 Å². The van der Waals surface area contributed by atoms with Crippen LogP contribution in [0.2, 0.25) is 0 Å². The molecule has 0 atom stereocenters. The number of nitrogens with one attached hydrogen (secondary N) is 1. The second-order valence-electron chi connectivity index (χ2n) is 9.00. The van der Waals surface area contributed by atoms with Gasteiger partial charge in [-0.1, -0.05) is 44.2 Å². The molecule has 2 heterocycles. The summed E-state index contributed by atoms with van der Waals surface area (Å²) < 4.78 is 5.57. The van der Waals surface area contributed by atoms with Crippen LogP contribution < -0.4 is 4.74 Å². The highest BCUT2D eigenvalue weighted by molar-refractivity contribution is 6.19. The summed E-state index contributed by atoms with van der Waals surface area (Å²) in [7, 11) is 0. The Balaban J connectivity index is 1.70. The predicted octanol–water partition coefficient (Wildman–Crippen LogP) is 5.86. The number of nitrogens with zero attached hydrogens (tertiary/aromatic N) is 1. The number of H-pyrrole nitrogens is 1. The topological polar surface area (TPSA) is 55.0 Å².